The summed E-state index contributed by atoms with van der Waals surface area (Å²) < 4.78 is 11.1. The minimum atomic E-state index is -0.177. The van der Waals surface area contributed by atoms with Crippen LogP contribution in [0.15, 0.2) is 36.5 Å². The van der Waals surface area contributed by atoms with Crippen molar-refractivity contribution in [3.05, 3.63) is 42.1 Å². The molecule has 1 fully saturated rings. The number of nitrogens with one attached hydrogen (secondary N) is 1. The van der Waals surface area contributed by atoms with Gasteiger partial charge in [-0.2, -0.15) is 0 Å². The first-order valence-corrected chi connectivity index (χ1v) is 8.98. The fourth-order valence-electron chi connectivity index (χ4n) is 3.10. The monoisotopic (exact) mass is 367 g/mol. The molecule has 2 amide bonds. The number of pyridine rings is 1. The van der Waals surface area contributed by atoms with Crippen molar-refractivity contribution < 1.29 is 19.1 Å². The first-order valence-electron chi connectivity index (χ1n) is 8.98. The van der Waals surface area contributed by atoms with Crippen LogP contribution in [0.3, 0.4) is 0 Å². The zero-order valence-corrected chi connectivity index (χ0v) is 15.3. The predicted molar refractivity (Wildman–Crippen MR) is 100 cm³/mol. The number of nitrogens with zero attached hydrogens (tertiary/aromatic N) is 2. The molecule has 4 rings (SSSR count). The molecule has 2 aromatic rings. The van der Waals surface area contributed by atoms with E-state index in [1.807, 2.05) is 6.92 Å². The van der Waals surface area contributed by atoms with Gasteiger partial charge in [0, 0.05) is 23.7 Å². The first-order chi connectivity index (χ1) is 13.0. The van der Waals surface area contributed by atoms with E-state index < -0.39 is 0 Å². The molecule has 7 nitrogen and oxygen atoms in total. The van der Waals surface area contributed by atoms with Crippen molar-refractivity contribution in [1.29, 1.82) is 0 Å². The molecule has 27 heavy (non-hydrogen) atoms. The second-order valence-electron chi connectivity index (χ2n) is 6.87. The van der Waals surface area contributed by atoms with Crippen molar-refractivity contribution >= 4 is 23.3 Å². The van der Waals surface area contributed by atoms with Gasteiger partial charge in [-0.1, -0.05) is 0 Å². The summed E-state index contributed by atoms with van der Waals surface area (Å²) >= 11 is 0. The highest BCUT2D eigenvalue weighted by Crippen LogP contribution is 2.37. The summed E-state index contributed by atoms with van der Waals surface area (Å²) in [5.41, 5.74) is 1.12. The van der Waals surface area contributed by atoms with E-state index in [0.29, 0.717) is 35.1 Å². The lowest BCUT2D eigenvalue weighted by Crippen LogP contribution is -2.42. The number of fused-ring (bicyclic) bond motifs is 1. The average molecular weight is 367 g/mol. The number of rotatable bonds is 4. The van der Waals surface area contributed by atoms with Gasteiger partial charge in [0.2, 0.25) is 5.91 Å². The summed E-state index contributed by atoms with van der Waals surface area (Å²) in [6, 6.07) is 8.66. The summed E-state index contributed by atoms with van der Waals surface area (Å²) in [7, 11) is 1.58. The van der Waals surface area contributed by atoms with Crippen LogP contribution in [0.1, 0.15) is 30.1 Å². The van der Waals surface area contributed by atoms with E-state index in [9.17, 15) is 9.59 Å². The van der Waals surface area contributed by atoms with E-state index in [2.05, 4.69) is 10.3 Å². The summed E-state index contributed by atoms with van der Waals surface area (Å²) in [6.45, 7) is 2.34. The lowest BCUT2D eigenvalue weighted by atomic mass is 10.1. The molecule has 1 saturated carbocycles. The third-order valence-electron chi connectivity index (χ3n) is 4.68. The number of ether oxygens (including phenoxy) is 2. The Hall–Kier alpha value is -3.09. The predicted octanol–water partition coefficient (Wildman–Crippen LogP) is 2.87. The molecule has 1 atom stereocenters. The first kappa shape index (κ1) is 17.3. The number of hydrogen-bond donors (Lipinski definition) is 1. The molecule has 1 aromatic carbocycles. The van der Waals surface area contributed by atoms with Crippen LogP contribution < -0.4 is 19.7 Å². The van der Waals surface area contributed by atoms with Gasteiger partial charge in [0.25, 0.3) is 5.91 Å². The van der Waals surface area contributed by atoms with Crippen molar-refractivity contribution in [2.24, 2.45) is 5.92 Å². The van der Waals surface area contributed by atoms with Crippen LogP contribution >= 0.6 is 0 Å². The van der Waals surface area contributed by atoms with Gasteiger partial charge in [0.05, 0.1) is 19.3 Å². The standard InChI is InChI=1S/C20H21N3O4/c1-12-11-23(16-10-15(26-2)5-6-17(16)27-12)20(25)14-7-8-21-18(9-14)22-19(24)13-3-4-13/h5-10,12-13H,3-4,11H2,1-2H3,(H,21,22,24). The molecule has 0 bridgehead atoms. The van der Waals surface area contributed by atoms with Gasteiger partial charge in [0.15, 0.2) is 0 Å². The number of amides is 2. The molecular formula is C20H21N3O4. The van der Waals surface area contributed by atoms with Crippen LogP contribution in [0.4, 0.5) is 11.5 Å². The minimum absolute atomic E-state index is 0.0397. The van der Waals surface area contributed by atoms with Gasteiger partial charge in [-0.15, -0.1) is 0 Å². The fourth-order valence-corrected chi connectivity index (χ4v) is 3.10. The normalized spacial score (nSPS) is 18.3. The maximum absolute atomic E-state index is 13.2. The van der Waals surface area contributed by atoms with Gasteiger partial charge >= 0.3 is 0 Å². The van der Waals surface area contributed by atoms with E-state index in [0.717, 1.165) is 12.8 Å². The number of carbonyl (C=O) groups excluding carboxylic acids is 2. The Balaban J connectivity index is 1.62. The van der Waals surface area contributed by atoms with E-state index in [4.69, 9.17) is 9.47 Å². The Labute approximate surface area is 157 Å². The topological polar surface area (TPSA) is 80.8 Å². The molecule has 0 saturated heterocycles. The maximum Gasteiger partial charge on any atom is 0.258 e. The number of benzene rings is 1. The summed E-state index contributed by atoms with van der Waals surface area (Å²) in [4.78, 5) is 31.0. The second-order valence-corrected chi connectivity index (χ2v) is 6.87. The number of methoxy groups -OCH3 is 1. The summed E-state index contributed by atoms with van der Waals surface area (Å²) in [6.07, 6.45) is 3.22. The highest BCUT2D eigenvalue weighted by molar-refractivity contribution is 6.08. The SMILES string of the molecule is COc1ccc2c(c1)N(C(=O)c1ccnc(NC(=O)C3CC3)c1)CC(C)O2. The third kappa shape index (κ3) is 3.58. The molecule has 1 aliphatic heterocycles. The van der Waals surface area contributed by atoms with E-state index in [1.165, 1.54) is 6.20 Å². The van der Waals surface area contributed by atoms with E-state index >= 15 is 0 Å². The molecule has 2 heterocycles. The van der Waals surface area contributed by atoms with Crippen molar-refractivity contribution in [1.82, 2.24) is 4.98 Å². The summed E-state index contributed by atoms with van der Waals surface area (Å²) in [5, 5.41) is 2.78. The van der Waals surface area contributed by atoms with Gasteiger partial charge in [0.1, 0.15) is 23.4 Å². The number of aromatic nitrogens is 1. The average Bonchev–Trinajstić information content (AvgIpc) is 3.52. The molecular weight excluding hydrogens is 346 g/mol. The third-order valence-corrected chi connectivity index (χ3v) is 4.68. The van der Waals surface area contributed by atoms with Gasteiger partial charge < -0.3 is 19.7 Å². The molecule has 140 valence electrons. The molecule has 1 N–H and O–H groups in total. The van der Waals surface area contributed by atoms with Crippen molar-refractivity contribution in [3.63, 3.8) is 0 Å². The Kier molecular flexibility index (Phi) is 4.43. The smallest absolute Gasteiger partial charge is 0.258 e. The number of anilines is 2. The van der Waals surface area contributed by atoms with Gasteiger partial charge in [-0.25, -0.2) is 4.98 Å². The largest absolute Gasteiger partial charge is 0.497 e. The van der Waals surface area contributed by atoms with Crippen LogP contribution in [0.5, 0.6) is 11.5 Å². The lowest BCUT2D eigenvalue weighted by molar-refractivity contribution is -0.117. The van der Waals surface area contributed by atoms with Crippen molar-refractivity contribution in [2.75, 3.05) is 23.9 Å². The Morgan fingerprint density at radius 2 is 2.07 bits per heavy atom. The molecule has 1 unspecified atom stereocenters. The van der Waals surface area contributed by atoms with Gasteiger partial charge in [-0.05, 0) is 44.0 Å². The highest BCUT2D eigenvalue weighted by atomic mass is 16.5. The second kappa shape index (κ2) is 6.90. The molecule has 0 radical (unpaired) electrons. The van der Waals surface area contributed by atoms with Crippen molar-refractivity contribution in [3.8, 4) is 11.5 Å². The summed E-state index contributed by atoms with van der Waals surface area (Å²) in [5.74, 6) is 1.54. The molecule has 0 spiro atoms. The molecule has 2 aliphatic rings. The van der Waals surface area contributed by atoms with E-state index in [1.54, 1.807) is 42.3 Å². The Morgan fingerprint density at radius 1 is 1.26 bits per heavy atom. The minimum Gasteiger partial charge on any atom is -0.497 e. The van der Waals surface area contributed by atoms with Crippen LogP contribution in [0, 0.1) is 5.92 Å². The zero-order valence-electron chi connectivity index (χ0n) is 15.3. The van der Waals surface area contributed by atoms with Crippen LogP contribution in [-0.2, 0) is 4.79 Å². The zero-order chi connectivity index (χ0) is 19.0. The fraction of sp³-hybridized carbons (Fsp3) is 0.350. The van der Waals surface area contributed by atoms with Crippen LogP contribution in [0.2, 0.25) is 0 Å². The molecule has 1 aliphatic carbocycles. The van der Waals surface area contributed by atoms with E-state index in [-0.39, 0.29) is 23.8 Å². The quantitative estimate of drug-likeness (QED) is 0.899. The van der Waals surface area contributed by atoms with Gasteiger partial charge in [-0.3, -0.25) is 9.59 Å². The highest BCUT2D eigenvalue weighted by Gasteiger charge is 2.31. The van der Waals surface area contributed by atoms with Crippen LogP contribution in [0.25, 0.3) is 0 Å². The maximum atomic E-state index is 13.2. The number of hydrogen-bond acceptors (Lipinski definition) is 5. The molecule has 1 aromatic heterocycles. The lowest BCUT2D eigenvalue weighted by Gasteiger charge is -2.33. The Morgan fingerprint density at radius 3 is 2.81 bits per heavy atom. The van der Waals surface area contributed by atoms with Crippen molar-refractivity contribution in [2.45, 2.75) is 25.9 Å². The van der Waals surface area contributed by atoms with Crippen LogP contribution in [-0.4, -0.2) is 36.6 Å². The Bertz CT molecular complexity index is 895. The molecule has 7 heteroatoms. The number of carbonyl (C=O) groups is 2.